The largest absolute Gasteiger partial charge is 0.491 e. The van der Waals surface area contributed by atoms with Crippen LogP contribution >= 0.6 is 22.9 Å². The maximum absolute atomic E-state index is 14.1. The molecule has 0 radical (unpaired) electrons. The van der Waals surface area contributed by atoms with Gasteiger partial charge in [0.05, 0.1) is 39.1 Å². The molecule has 1 aromatic carbocycles. The van der Waals surface area contributed by atoms with E-state index in [0.717, 1.165) is 6.07 Å². The summed E-state index contributed by atoms with van der Waals surface area (Å²) in [6.07, 6.45) is -2.18. The van der Waals surface area contributed by atoms with Gasteiger partial charge < -0.3 is 9.84 Å². The van der Waals surface area contributed by atoms with Crippen LogP contribution in [0.2, 0.25) is 5.02 Å². The summed E-state index contributed by atoms with van der Waals surface area (Å²) < 4.78 is 50.3. The number of ether oxygens (including phenoxy) is 1. The molecule has 0 fully saturated rings. The van der Waals surface area contributed by atoms with Crippen LogP contribution in [0.15, 0.2) is 52.9 Å². The zero-order chi connectivity index (χ0) is 32.9. The van der Waals surface area contributed by atoms with E-state index < -0.39 is 29.0 Å². The van der Waals surface area contributed by atoms with E-state index in [-0.39, 0.29) is 47.0 Å². The van der Waals surface area contributed by atoms with E-state index in [1.165, 1.54) is 47.5 Å². The normalized spacial score (nSPS) is 11.8. The number of rotatable bonds is 7. The summed E-state index contributed by atoms with van der Waals surface area (Å²) in [6, 6.07) is 7.60. The van der Waals surface area contributed by atoms with Crippen molar-refractivity contribution < 1.29 is 27.8 Å². The third-order valence-electron chi connectivity index (χ3n) is 7.22. The number of aryl methyl sites for hydroxylation is 3. The van der Waals surface area contributed by atoms with Crippen molar-refractivity contribution in [3.8, 4) is 28.3 Å². The Morgan fingerprint density at radius 2 is 1.76 bits per heavy atom. The number of aromatic carboxylic acids is 1. The van der Waals surface area contributed by atoms with Crippen LogP contribution in [0.5, 0.6) is 5.75 Å². The maximum atomic E-state index is 14.1. The summed E-state index contributed by atoms with van der Waals surface area (Å²) in [7, 11) is 0. The Morgan fingerprint density at radius 3 is 2.48 bits per heavy atom. The van der Waals surface area contributed by atoms with Crippen molar-refractivity contribution >= 4 is 50.2 Å². The third kappa shape index (κ3) is 5.65. The minimum Gasteiger partial charge on any atom is -0.491 e. The van der Waals surface area contributed by atoms with Gasteiger partial charge in [0, 0.05) is 39.6 Å². The Morgan fingerprint density at radius 1 is 1.00 bits per heavy atom. The summed E-state index contributed by atoms with van der Waals surface area (Å²) in [6.45, 7) is 4.73. The molecule has 0 amide bonds. The van der Waals surface area contributed by atoms with Gasteiger partial charge in [-0.2, -0.15) is 13.2 Å². The maximum Gasteiger partial charge on any atom is 0.418 e. The molecule has 6 aromatic rings. The molecule has 10 nitrogen and oxygen atoms in total. The summed E-state index contributed by atoms with van der Waals surface area (Å²) in [5.74, 6) is -0.512. The minimum absolute atomic E-state index is 0.00910. The number of hydrogen-bond donors (Lipinski definition) is 1. The second-order valence-electron chi connectivity index (χ2n) is 10.3. The predicted molar refractivity (Wildman–Crippen MR) is 167 cm³/mol. The second-order valence-corrected chi connectivity index (χ2v) is 11.6. The first-order chi connectivity index (χ1) is 21.8. The van der Waals surface area contributed by atoms with E-state index in [0.29, 0.717) is 37.8 Å². The van der Waals surface area contributed by atoms with Gasteiger partial charge in [-0.05, 0) is 51.1 Å². The quantitative estimate of drug-likeness (QED) is 0.193. The van der Waals surface area contributed by atoms with Crippen molar-refractivity contribution in [3.05, 3.63) is 91.8 Å². The molecule has 15 heteroatoms. The van der Waals surface area contributed by atoms with E-state index in [2.05, 4.69) is 24.9 Å². The fraction of sp³-hybridized carbons (Fsp3) is 0.194. The van der Waals surface area contributed by atoms with Gasteiger partial charge in [0.25, 0.3) is 5.56 Å². The molecule has 5 aromatic heterocycles. The average Bonchev–Trinajstić information content (AvgIpc) is 3.42. The topological polar surface area (TPSA) is 133 Å². The van der Waals surface area contributed by atoms with Gasteiger partial charge in [-0.15, -0.1) is 11.3 Å². The van der Waals surface area contributed by atoms with Crippen molar-refractivity contribution in [1.82, 2.24) is 29.5 Å². The molecule has 0 saturated carbocycles. The van der Waals surface area contributed by atoms with Crippen LogP contribution in [0.1, 0.15) is 33.1 Å². The van der Waals surface area contributed by atoms with Gasteiger partial charge in [0.2, 0.25) is 0 Å². The smallest absolute Gasteiger partial charge is 0.418 e. The number of benzene rings is 1. The Bertz CT molecular complexity index is 2250. The van der Waals surface area contributed by atoms with Crippen LogP contribution in [-0.2, 0) is 12.7 Å². The van der Waals surface area contributed by atoms with Gasteiger partial charge in [0.15, 0.2) is 5.52 Å². The molecule has 0 aliphatic rings. The molecule has 1 N–H and O–H groups in total. The number of carboxylic acids is 1. The van der Waals surface area contributed by atoms with Gasteiger partial charge in [-0.1, -0.05) is 11.6 Å². The molecular formula is C31H22ClF3N6O4S. The van der Waals surface area contributed by atoms with Crippen molar-refractivity contribution in [2.24, 2.45) is 0 Å². The highest BCUT2D eigenvalue weighted by Crippen LogP contribution is 2.41. The molecule has 5 heterocycles. The highest BCUT2D eigenvalue weighted by Gasteiger charge is 2.36. The zero-order valence-corrected chi connectivity index (χ0v) is 25.9. The van der Waals surface area contributed by atoms with E-state index in [1.54, 1.807) is 25.1 Å². The van der Waals surface area contributed by atoms with Crippen molar-refractivity contribution in [3.63, 3.8) is 0 Å². The molecule has 46 heavy (non-hydrogen) atoms. The second kappa shape index (κ2) is 11.8. The van der Waals surface area contributed by atoms with Crippen LogP contribution < -0.4 is 10.3 Å². The lowest BCUT2D eigenvalue weighted by Gasteiger charge is -2.16. The van der Waals surface area contributed by atoms with Crippen LogP contribution in [-0.4, -0.2) is 47.2 Å². The molecule has 0 spiro atoms. The Labute approximate surface area is 267 Å². The molecular weight excluding hydrogens is 645 g/mol. The fourth-order valence-corrected chi connectivity index (χ4v) is 6.31. The van der Waals surface area contributed by atoms with Gasteiger partial charge in [0.1, 0.15) is 29.6 Å². The molecule has 0 unspecified atom stereocenters. The molecule has 0 aliphatic heterocycles. The van der Waals surface area contributed by atoms with Crippen LogP contribution in [0.25, 0.3) is 43.8 Å². The number of halogens is 4. The van der Waals surface area contributed by atoms with Crippen LogP contribution in [0.3, 0.4) is 0 Å². The number of carbonyl (C=O) groups is 1. The van der Waals surface area contributed by atoms with Crippen LogP contribution in [0, 0.1) is 20.8 Å². The molecule has 0 atom stereocenters. The highest BCUT2D eigenvalue weighted by molar-refractivity contribution is 7.18. The monoisotopic (exact) mass is 666 g/mol. The van der Waals surface area contributed by atoms with E-state index >= 15 is 0 Å². The lowest BCUT2D eigenvalue weighted by atomic mass is 10.0. The number of aromatic nitrogens is 6. The van der Waals surface area contributed by atoms with E-state index in [4.69, 9.17) is 16.3 Å². The number of alkyl halides is 3. The first-order valence-corrected chi connectivity index (χ1v) is 14.9. The summed E-state index contributed by atoms with van der Waals surface area (Å²) >= 11 is 7.58. The molecule has 0 saturated heterocycles. The van der Waals surface area contributed by atoms with Gasteiger partial charge in [-0.25, -0.2) is 14.8 Å². The highest BCUT2D eigenvalue weighted by atomic mass is 35.5. The zero-order valence-electron chi connectivity index (χ0n) is 24.3. The summed E-state index contributed by atoms with van der Waals surface area (Å²) in [5.41, 5.74) is -0.281. The number of pyridine rings is 2. The lowest BCUT2D eigenvalue weighted by molar-refractivity contribution is -0.137. The predicted octanol–water partition coefficient (Wildman–Crippen LogP) is 6.90. The molecule has 6 rings (SSSR count). The first-order valence-electron chi connectivity index (χ1n) is 13.7. The Balaban J connectivity index is 1.37. The van der Waals surface area contributed by atoms with Crippen LogP contribution in [0.4, 0.5) is 13.2 Å². The Hall–Kier alpha value is -4.95. The standard InChI is InChI=1S/C31H22ClF3N6O4S/c1-14-10-19(28-25(38-14)20(13-46-28)30(43)44)18-11-17(32)4-5-23(18)45-9-8-41-16(3)39-22-12-21(31(33,34)35)26(40-27(22)29(41)42)24-15(2)36-6-7-37-24/h4-7,10-13H,8-9H2,1-3H3,(H,43,44). The SMILES string of the molecule is Cc1cc(-c2cc(Cl)ccc2OCCn2c(C)nc3cc(C(F)(F)F)c(-c4nccnc4C)nc3c2=O)c2scc(C(=O)O)c2n1. The summed E-state index contributed by atoms with van der Waals surface area (Å²) in [5, 5.41) is 11.6. The van der Waals surface area contributed by atoms with Crippen molar-refractivity contribution in [1.29, 1.82) is 0 Å². The first kappa shape index (κ1) is 31.0. The number of fused-ring (bicyclic) bond motifs is 2. The van der Waals surface area contributed by atoms with Crippen molar-refractivity contribution in [2.45, 2.75) is 33.5 Å². The summed E-state index contributed by atoms with van der Waals surface area (Å²) in [4.78, 5) is 46.3. The number of hydrogen-bond acceptors (Lipinski definition) is 9. The van der Waals surface area contributed by atoms with Crippen molar-refractivity contribution in [2.75, 3.05) is 6.61 Å². The number of nitrogens with zero attached hydrogens (tertiary/aromatic N) is 6. The molecule has 0 bridgehead atoms. The van der Waals surface area contributed by atoms with Gasteiger partial charge >= 0.3 is 12.1 Å². The van der Waals surface area contributed by atoms with Gasteiger partial charge in [-0.3, -0.25) is 24.3 Å². The third-order valence-corrected chi connectivity index (χ3v) is 8.46. The van der Waals surface area contributed by atoms with E-state index in [1.807, 2.05) is 6.07 Å². The van der Waals surface area contributed by atoms with E-state index in [9.17, 15) is 27.9 Å². The molecule has 234 valence electrons. The average molecular weight is 667 g/mol. The minimum atomic E-state index is -4.79. The Kier molecular flexibility index (Phi) is 7.94. The molecule has 0 aliphatic carbocycles. The fourth-order valence-electron chi connectivity index (χ4n) is 5.13. The number of carboxylic acid groups (broad SMARTS) is 1. The number of thiophene rings is 1. The lowest BCUT2D eigenvalue weighted by Crippen LogP contribution is -2.27.